The summed E-state index contributed by atoms with van der Waals surface area (Å²) < 4.78 is 11.4. The molecule has 1 aliphatic heterocycles. The molecule has 0 N–H and O–H groups in total. The van der Waals surface area contributed by atoms with Gasteiger partial charge in [0, 0.05) is 42.8 Å². The number of rotatable bonds is 4. The van der Waals surface area contributed by atoms with Crippen molar-refractivity contribution in [3.05, 3.63) is 42.1 Å². The third-order valence-electron chi connectivity index (χ3n) is 5.21. The van der Waals surface area contributed by atoms with E-state index in [1.807, 2.05) is 12.3 Å². The molecule has 2 heterocycles. The molecule has 1 fully saturated rings. The Bertz CT molecular complexity index is 735. The third kappa shape index (κ3) is 3.88. The molecule has 5 heteroatoms. The van der Waals surface area contributed by atoms with Gasteiger partial charge in [-0.25, -0.2) is 4.98 Å². The Labute approximate surface area is 157 Å². The maximum absolute atomic E-state index is 6.06. The first-order valence-corrected chi connectivity index (χ1v) is 9.40. The molecule has 0 amide bonds. The van der Waals surface area contributed by atoms with Crippen LogP contribution in [0.3, 0.4) is 0 Å². The van der Waals surface area contributed by atoms with Gasteiger partial charge in [-0.15, -0.1) is 0 Å². The first kappa shape index (κ1) is 18.8. The summed E-state index contributed by atoms with van der Waals surface area (Å²) in [4.78, 5) is 9.45. The highest BCUT2D eigenvalue weighted by Crippen LogP contribution is 2.30. The minimum Gasteiger partial charge on any atom is -0.497 e. The van der Waals surface area contributed by atoms with E-state index in [2.05, 4.69) is 67.6 Å². The number of ether oxygens (including phenoxy) is 1. The molecule has 26 heavy (non-hydrogen) atoms. The molecule has 0 aliphatic carbocycles. The Kier molecular flexibility index (Phi) is 5.28. The summed E-state index contributed by atoms with van der Waals surface area (Å²) in [5.41, 5.74) is 1.21. The topological polar surface area (TPSA) is 41.7 Å². The lowest BCUT2D eigenvalue weighted by atomic mass is 9.94. The molecule has 3 rings (SSSR count). The number of piperazine rings is 1. The van der Waals surface area contributed by atoms with Crippen molar-refractivity contribution in [1.82, 2.24) is 9.88 Å². The van der Waals surface area contributed by atoms with Crippen molar-refractivity contribution in [2.75, 3.05) is 31.6 Å². The average Bonchev–Trinajstić information content (AvgIpc) is 3.11. The van der Waals surface area contributed by atoms with Crippen molar-refractivity contribution in [2.24, 2.45) is 0 Å². The van der Waals surface area contributed by atoms with Crippen molar-refractivity contribution < 1.29 is 9.15 Å². The molecule has 2 atom stereocenters. The number of oxazole rings is 1. The fourth-order valence-electron chi connectivity index (χ4n) is 3.49. The van der Waals surface area contributed by atoms with E-state index in [-0.39, 0.29) is 11.5 Å². The maximum atomic E-state index is 6.06. The van der Waals surface area contributed by atoms with Gasteiger partial charge in [0.1, 0.15) is 11.5 Å². The lowest BCUT2D eigenvalue weighted by Gasteiger charge is -2.43. The third-order valence-corrected chi connectivity index (χ3v) is 5.21. The number of anilines is 1. The summed E-state index contributed by atoms with van der Waals surface area (Å²) in [7, 11) is 1.71. The molecule has 5 nitrogen and oxygen atoms in total. The van der Waals surface area contributed by atoms with Crippen molar-refractivity contribution in [3.63, 3.8) is 0 Å². The summed E-state index contributed by atoms with van der Waals surface area (Å²) >= 11 is 0. The second kappa shape index (κ2) is 7.31. The molecule has 0 saturated carbocycles. The minimum atomic E-state index is -0.0106. The molecule has 0 bridgehead atoms. The zero-order chi connectivity index (χ0) is 18.9. The standard InChI is InChI=1S/C21H31N3O2/c1-15-14-23(16(2)20-22-13-19(26-20)21(3,4)5)10-11-24(15)17-8-7-9-18(12-17)25-6/h7-9,12-13,15-16H,10-11,14H2,1-6H3. The lowest BCUT2D eigenvalue weighted by molar-refractivity contribution is 0.151. The van der Waals surface area contributed by atoms with Crippen LogP contribution in [0.4, 0.5) is 5.69 Å². The van der Waals surface area contributed by atoms with Gasteiger partial charge >= 0.3 is 0 Å². The quantitative estimate of drug-likeness (QED) is 0.818. The number of benzene rings is 1. The van der Waals surface area contributed by atoms with Gasteiger partial charge in [0.25, 0.3) is 0 Å². The van der Waals surface area contributed by atoms with Crippen LogP contribution in [0, 0.1) is 0 Å². The number of methoxy groups -OCH3 is 1. The molecule has 1 aromatic carbocycles. The van der Waals surface area contributed by atoms with Gasteiger partial charge < -0.3 is 14.1 Å². The van der Waals surface area contributed by atoms with Crippen LogP contribution in [0.5, 0.6) is 5.75 Å². The molecule has 142 valence electrons. The molecule has 0 radical (unpaired) electrons. The van der Waals surface area contributed by atoms with E-state index in [9.17, 15) is 0 Å². The van der Waals surface area contributed by atoms with Crippen molar-refractivity contribution >= 4 is 5.69 Å². The molecular formula is C21H31N3O2. The Morgan fingerprint density at radius 2 is 2.04 bits per heavy atom. The second-order valence-electron chi connectivity index (χ2n) is 8.23. The number of hydrogen-bond acceptors (Lipinski definition) is 5. The zero-order valence-corrected chi connectivity index (χ0v) is 16.8. The summed E-state index contributed by atoms with van der Waals surface area (Å²) in [5.74, 6) is 2.67. The van der Waals surface area contributed by atoms with Gasteiger partial charge in [0.05, 0.1) is 19.3 Å². The number of hydrogen-bond donors (Lipinski definition) is 0. The van der Waals surface area contributed by atoms with Gasteiger partial charge in [-0.1, -0.05) is 26.8 Å². The van der Waals surface area contributed by atoms with Crippen molar-refractivity contribution in [3.8, 4) is 5.75 Å². The van der Waals surface area contributed by atoms with Crippen LogP contribution < -0.4 is 9.64 Å². The molecule has 2 unspecified atom stereocenters. The molecule has 2 aromatic rings. The minimum absolute atomic E-state index is 0.0106. The van der Waals surface area contributed by atoms with E-state index in [4.69, 9.17) is 9.15 Å². The molecule has 1 aliphatic rings. The fraction of sp³-hybridized carbons (Fsp3) is 0.571. The molecular weight excluding hydrogens is 326 g/mol. The normalized spacial score (nSPS) is 20.2. The van der Waals surface area contributed by atoms with Crippen molar-refractivity contribution in [2.45, 2.75) is 52.1 Å². The van der Waals surface area contributed by atoms with Crippen molar-refractivity contribution in [1.29, 1.82) is 0 Å². The van der Waals surface area contributed by atoms with Crippen LogP contribution in [-0.4, -0.2) is 42.7 Å². The van der Waals surface area contributed by atoms with E-state index < -0.39 is 0 Å². The molecule has 1 aromatic heterocycles. The first-order chi connectivity index (χ1) is 12.3. The van der Waals surface area contributed by atoms with Gasteiger partial charge in [0.2, 0.25) is 5.89 Å². The predicted octanol–water partition coefficient (Wildman–Crippen LogP) is 4.25. The van der Waals surface area contributed by atoms with Crippen LogP contribution >= 0.6 is 0 Å². The highest BCUT2D eigenvalue weighted by Gasteiger charge is 2.30. The van der Waals surface area contributed by atoms with E-state index in [0.717, 1.165) is 37.0 Å². The van der Waals surface area contributed by atoms with E-state index in [1.165, 1.54) is 5.69 Å². The van der Waals surface area contributed by atoms with E-state index in [1.54, 1.807) is 7.11 Å². The molecule has 0 spiro atoms. The van der Waals surface area contributed by atoms with E-state index in [0.29, 0.717) is 6.04 Å². The van der Waals surface area contributed by atoms with Gasteiger partial charge in [-0.05, 0) is 26.0 Å². The van der Waals surface area contributed by atoms with E-state index >= 15 is 0 Å². The van der Waals surface area contributed by atoms with Gasteiger partial charge in [0.15, 0.2) is 0 Å². The Morgan fingerprint density at radius 3 is 2.65 bits per heavy atom. The van der Waals surface area contributed by atoms with Crippen LogP contribution in [-0.2, 0) is 5.41 Å². The average molecular weight is 357 g/mol. The SMILES string of the molecule is COc1cccc(N2CCN(C(C)c3ncc(C(C)(C)C)o3)CC2C)c1. The van der Waals surface area contributed by atoms with Crippen LogP contribution in [0.2, 0.25) is 0 Å². The Morgan fingerprint density at radius 1 is 1.27 bits per heavy atom. The summed E-state index contributed by atoms with van der Waals surface area (Å²) in [6.07, 6.45) is 1.88. The van der Waals surface area contributed by atoms with Gasteiger partial charge in [-0.3, -0.25) is 4.90 Å². The first-order valence-electron chi connectivity index (χ1n) is 9.40. The summed E-state index contributed by atoms with van der Waals surface area (Å²) in [6.45, 7) is 13.8. The summed E-state index contributed by atoms with van der Waals surface area (Å²) in [5, 5.41) is 0. The highest BCUT2D eigenvalue weighted by molar-refractivity contribution is 5.52. The Balaban J connectivity index is 1.69. The highest BCUT2D eigenvalue weighted by atomic mass is 16.5. The largest absolute Gasteiger partial charge is 0.497 e. The van der Waals surface area contributed by atoms with Crippen LogP contribution in [0.1, 0.15) is 52.3 Å². The maximum Gasteiger partial charge on any atom is 0.211 e. The Hall–Kier alpha value is -2.01. The van der Waals surface area contributed by atoms with Gasteiger partial charge in [-0.2, -0.15) is 0 Å². The number of aromatic nitrogens is 1. The van der Waals surface area contributed by atoms with Crippen LogP contribution in [0.25, 0.3) is 0 Å². The van der Waals surface area contributed by atoms with Crippen LogP contribution in [0.15, 0.2) is 34.9 Å². The zero-order valence-electron chi connectivity index (χ0n) is 16.8. The number of nitrogens with zero attached hydrogens (tertiary/aromatic N) is 3. The monoisotopic (exact) mass is 357 g/mol. The summed E-state index contributed by atoms with van der Waals surface area (Å²) in [6, 6.07) is 8.90. The predicted molar refractivity (Wildman–Crippen MR) is 105 cm³/mol. The smallest absolute Gasteiger partial charge is 0.211 e. The molecule has 1 saturated heterocycles. The lowest BCUT2D eigenvalue weighted by Crippen LogP contribution is -2.52. The second-order valence-corrected chi connectivity index (χ2v) is 8.23. The fourth-order valence-corrected chi connectivity index (χ4v) is 3.49.